The third kappa shape index (κ3) is 4.08. The summed E-state index contributed by atoms with van der Waals surface area (Å²) < 4.78 is 1.70. The predicted octanol–water partition coefficient (Wildman–Crippen LogP) is 2.51. The van der Waals surface area contributed by atoms with E-state index in [0.29, 0.717) is 6.54 Å². The molecule has 1 atom stereocenters. The number of fused-ring (bicyclic) bond motifs is 1. The van der Waals surface area contributed by atoms with E-state index in [1.807, 2.05) is 19.4 Å². The lowest BCUT2D eigenvalue weighted by molar-refractivity contribution is -0.123. The van der Waals surface area contributed by atoms with E-state index in [1.54, 1.807) is 17.9 Å². The first-order valence-corrected chi connectivity index (χ1v) is 8.65. The van der Waals surface area contributed by atoms with Crippen LogP contribution in [0.2, 0.25) is 0 Å². The number of aryl methyl sites for hydroxylation is 2. The van der Waals surface area contributed by atoms with Gasteiger partial charge in [-0.3, -0.25) is 9.48 Å². The van der Waals surface area contributed by atoms with Gasteiger partial charge < -0.3 is 15.6 Å². The molecule has 7 heteroatoms. The van der Waals surface area contributed by atoms with E-state index in [9.17, 15) is 4.79 Å². The maximum atomic E-state index is 12.5. The molecule has 2 heterocycles. The highest BCUT2D eigenvalue weighted by Crippen LogP contribution is 2.22. The molecule has 1 unspecified atom stereocenters. The number of H-pyrrole nitrogens is 1. The number of aromatic nitrogens is 3. The molecule has 0 saturated carbocycles. The largest absolute Gasteiger partial charge is 0.361 e. The normalized spacial score (nSPS) is 12.0. The smallest absolute Gasteiger partial charge is 0.241 e. The maximum absolute atomic E-state index is 12.5. The fourth-order valence-electron chi connectivity index (χ4n) is 3.24. The number of rotatable bonds is 7. The van der Waals surface area contributed by atoms with Crippen molar-refractivity contribution in [3.05, 3.63) is 53.5 Å². The first-order chi connectivity index (χ1) is 12.1. The molecule has 0 spiro atoms. The van der Waals surface area contributed by atoms with Crippen LogP contribution in [0, 0.1) is 0 Å². The Kier molecular flexibility index (Phi) is 6.83. The number of hydrogen-bond acceptors (Lipinski definition) is 3. The number of carbonyl (C=O) groups is 1. The zero-order valence-electron chi connectivity index (χ0n) is 15.4. The second kappa shape index (κ2) is 8.87. The minimum absolute atomic E-state index is 0. The van der Waals surface area contributed by atoms with Gasteiger partial charge in [-0.2, -0.15) is 5.10 Å². The van der Waals surface area contributed by atoms with Crippen LogP contribution in [-0.4, -0.2) is 34.3 Å². The highest BCUT2D eigenvalue weighted by Gasteiger charge is 2.19. The Morgan fingerprint density at radius 3 is 2.81 bits per heavy atom. The molecule has 0 aliphatic heterocycles. The average Bonchev–Trinajstić information content (AvgIpc) is 3.22. The fourth-order valence-corrected chi connectivity index (χ4v) is 3.24. The number of benzene rings is 1. The van der Waals surface area contributed by atoms with Crippen molar-refractivity contribution < 1.29 is 4.79 Å². The number of nitrogens with zero attached hydrogens (tertiary/aromatic N) is 2. The van der Waals surface area contributed by atoms with E-state index >= 15 is 0 Å². The molecular weight excluding hydrogens is 350 g/mol. The van der Waals surface area contributed by atoms with Gasteiger partial charge in [0.2, 0.25) is 5.91 Å². The Morgan fingerprint density at radius 2 is 2.15 bits per heavy atom. The van der Waals surface area contributed by atoms with Crippen LogP contribution in [0.3, 0.4) is 0 Å². The number of para-hydroxylation sites is 1. The Labute approximate surface area is 159 Å². The number of likely N-dealkylation sites (N-methyl/N-ethyl adjacent to an activating group) is 1. The minimum Gasteiger partial charge on any atom is -0.361 e. The number of halogens is 1. The van der Waals surface area contributed by atoms with Crippen LogP contribution in [0.5, 0.6) is 0 Å². The van der Waals surface area contributed by atoms with Crippen molar-refractivity contribution in [2.45, 2.75) is 25.8 Å². The van der Waals surface area contributed by atoms with Gasteiger partial charge in [0, 0.05) is 42.5 Å². The van der Waals surface area contributed by atoms with Gasteiger partial charge in [0.25, 0.3) is 0 Å². The highest BCUT2D eigenvalue weighted by atomic mass is 35.5. The lowest BCUT2D eigenvalue weighted by Gasteiger charge is -2.14. The predicted molar refractivity (Wildman–Crippen MR) is 107 cm³/mol. The van der Waals surface area contributed by atoms with E-state index < -0.39 is 0 Å². The summed E-state index contributed by atoms with van der Waals surface area (Å²) >= 11 is 0. The topological polar surface area (TPSA) is 74.7 Å². The molecule has 6 nitrogen and oxygen atoms in total. The van der Waals surface area contributed by atoms with Crippen LogP contribution in [0.4, 0.5) is 0 Å². The number of hydrogen-bond donors (Lipinski definition) is 3. The SMILES string of the molecule is CCc1cccc2c(CCNC(=O)C(NC)c3cnn(C)c3)c[nH]c12.Cl. The second-order valence-electron chi connectivity index (χ2n) is 6.22. The number of nitrogens with one attached hydrogen (secondary N) is 3. The second-order valence-corrected chi connectivity index (χ2v) is 6.22. The molecule has 0 saturated heterocycles. The van der Waals surface area contributed by atoms with Crippen molar-refractivity contribution in [3.8, 4) is 0 Å². The number of carbonyl (C=O) groups excluding carboxylic acids is 1. The Hall–Kier alpha value is -2.31. The lowest BCUT2D eigenvalue weighted by Crippen LogP contribution is -2.36. The monoisotopic (exact) mass is 375 g/mol. The van der Waals surface area contributed by atoms with Crippen LogP contribution in [-0.2, 0) is 24.7 Å². The van der Waals surface area contributed by atoms with Crippen molar-refractivity contribution in [1.82, 2.24) is 25.4 Å². The zero-order valence-corrected chi connectivity index (χ0v) is 16.2. The average molecular weight is 376 g/mol. The molecule has 3 N–H and O–H groups in total. The van der Waals surface area contributed by atoms with Crippen molar-refractivity contribution in [2.24, 2.45) is 7.05 Å². The van der Waals surface area contributed by atoms with Gasteiger partial charge in [-0.1, -0.05) is 25.1 Å². The molecule has 0 radical (unpaired) electrons. The van der Waals surface area contributed by atoms with Crippen LogP contribution in [0.15, 0.2) is 36.8 Å². The summed E-state index contributed by atoms with van der Waals surface area (Å²) in [7, 11) is 3.62. The quantitative estimate of drug-likeness (QED) is 0.594. The molecule has 2 aromatic heterocycles. The minimum atomic E-state index is -0.386. The van der Waals surface area contributed by atoms with Crippen molar-refractivity contribution in [3.63, 3.8) is 0 Å². The summed E-state index contributed by atoms with van der Waals surface area (Å²) in [6, 6.07) is 5.99. The summed E-state index contributed by atoms with van der Waals surface area (Å²) in [6.45, 7) is 2.76. The highest BCUT2D eigenvalue weighted by molar-refractivity contribution is 5.86. The molecule has 0 bridgehead atoms. The van der Waals surface area contributed by atoms with Gasteiger partial charge in [-0.15, -0.1) is 12.4 Å². The van der Waals surface area contributed by atoms with Crippen molar-refractivity contribution in [1.29, 1.82) is 0 Å². The first kappa shape index (κ1) is 20.0. The number of amides is 1. The molecule has 0 aliphatic rings. The van der Waals surface area contributed by atoms with Crippen LogP contribution < -0.4 is 10.6 Å². The van der Waals surface area contributed by atoms with Gasteiger partial charge >= 0.3 is 0 Å². The van der Waals surface area contributed by atoms with E-state index in [0.717, 1.165) is 18.4 Å². The molecule has 1 amide bonds. The third-order valence-corrected chi connectivity index (χ3v) is 4.57. The Bertz CT molecular complexity index is 870. The molecule has 0 fully saturated rings. The molecule has 0 aliphatic carbocycles. The van der Waals surface area contributed by atoms with E-state index in [-0.39, 0.29) is 24.4 Å². The van der Waals surface area contributed by atoms with Crippen LogP contribution >= 0.6 is 12.4 Å². The van der Waals surface area contributed by atoms with E-state index in [2.05, 4.69) is 45.8 Å². The summed E-state index contributed by atoms with van der Waals surface area (Å²) in [6.07, 6.45) is 7.41. The Balaban J connectivity index is 0.00000243. The Morgan fingerprint density at radius 1 is 1.35 bits per heavy atom. The van der Waals surface area contributed by atoms with E-state index in [4.69, 9.17) is 0 Å². The summed E-state index contributed by atoms with van der Waals surface area (Å²) in [5.41, 5.74) is 4.62. The molecule has 1 aromatic carbocycles. The maximum Gasteiger partial charge on any atom is 0.241 e. The molecule has 26 heavy (non-hydrogen) atoms. The van der Waals surface area contributed by atoms with E-state index in [1.165, 1.54) is 22.0 Å². The van der Waals surface area contributed by atoms with Gasteiger partial charge in [-0.05, 0) is 31.0 Å². The van der Waals surface area contributed by atoms with Gasteiger partial charge in [0.1, 0.15) is 6.04 Å². The molecule has 3 rings (SSSR count). The van der Waals surface area contributed by atoms with Gasteiger partial charge in [0.05, 0.1) is 6.20 Å². The molecular formula is C19H26ClN5O. The van der Waals surface area contributed by atoms with Crippen molar-refractivity contribution in [2.75, 3.05) is 13.6 Å². The summed E-state index contributed by atoms with van der Waals surface area (Å²) in [5, 5.41) is 11.4. The lowest BCUT2D eigenvalue weighted by atomic mass is 10.1. The third-order valence-electron chi connectivity index (χ3n) is 4.57. The number of aromatic amines is 1. The standard InChI is InChI=1S/C19H25N5O.ClH/c1-4-13-6-5-7-16-14(10-22-17(13)16)8-9-21-19(25)18(20-2)15-11-23-24(3)12-15;/h5-7,10-12,18,20,22H,4,8-9H2,1-3H3,(H,21,25);1H. The first-order valence-electron chi connectivity index (χ1n) is 8.65. The molecule has 3 aromatic rings. The van der Waals surface area contributed by atoms with Crippen LogP contribution in [0.25, 0.3) is 10.9 Å². The summed E-state index contributed by atoms with van der Waals surface area (Å²) in [4.78, 5) is 15.8. The zero-order chi connectivity index (χ0) is 17.8. The fraction of sp³-hybridized carbons (Fsp3) is 0.368. The summed E-state index contributed by atoms with van der Waals surface area (Å²) in [5.74, 6) is -0.0374. The van der Waals surface area contributed by atoms with Crippen molar-refractivity contribution >= 4 is 29.2 Å². The van der Waals surface area contributed by atoms with Gasteiger partial charge in [-0.25, -0.2) is 0 Å². The molecule has 140 valence electrons. The van der Waals surface area contributed by atoms with Crippen LogP contribution in [0.1, 0.15) is 29.7 Å². The van der Waals surface area contributed by atoms with Gasteiger partial charge in [0.15, 0.2) is 0 Å².